The third-order valence-corrected chi connectivity index (χ3v) is 6.83. The number of thioether (sulfide) groups is 1. The zero-order valence-electron chi connectivity index (χ0n) is 18.4. The van der Waals surface area contributed by atoms with Crippen molar-refractivity contribution in [3.63, 3.8) is 0 Å². The summed E-state index contributed by atoms with van der Waals surface area (Å²) in [4.78, 5) is 30.3. The first kappa shape index (κ1) is 21.6. The maximum Gasteiger partial charge on any atom is 0.262 e. The van der Waals surface area contributed by atoms with E-state index in [1.165, 1.54) is 35.7 Å². The Morgan fingerprint density at radius 1 is 1.10 bits per heavy atom. The standard InChI is InChI=1S/C25H29N3O2S/c1-16(2)28-24(30)21-10-6-7-11-22(21)27-25(28)31-15-23(29)26-17(3)19-13-12-18-8-4-5-9-20(18)14-19/h6-7,10-14,16-17H,4-5,8-9,15H2,1-3H3,(H,26,29). The largest absolute Gasteiger partial charge is 0.349 e. The van der Waals surface area contributed by atoms with Gasteiger partial charge >= 0.3 is 0 Å². The first-order valence-corrected chi connectivity index (χ1v) is 12.0. The zero-order chi connectivity index (χ0) is 22.0. The van der Waals surface area contributed by atoms with Crippen molar-refractivity contribution in [2.24, 2.45) is 0 Å². The number of amides is 1. The molecule has 0 fully saturated rings. The summed E-state index contributed by atoms with van der Waals surface area (Å²) in [5.74, 6) is 0.153. The van der Waals surface area contributed by atoms with Crippen molar-refractivity contribution < 1.29 is 4.79 Å². The average molecular weight is 436 g/mol. The number of rotatable bonds is 6. The number of nitrogens with one attached hydrogen (secondary N) is 1. The summed E-state index contributed by atoms with van der Waals surface area (Å²) in [5.41, 5.74) is 4.60. The fourth-order valence-electron chi connectivity index (χ4n) is 4.20. The van der Waals surface area contributed by atoms with E-state index in [0.29, 0.717) is 16.1 Å². The van der Waals surface area contributed by atoms with Crippen molar-refractivity contribution in [3.05, 3.63) is 69.5 Å². The molecular weight excluding hydrogens is 406 g/mol. The van der Waals surface area contributed by atoms with Gasteiger partial charge in [0, 0.05) is 6.04 Å². The first-order chi connectivity index (χ1) is 14.9. The van der Waals surface area contributed by atoms with E-state index in [2.05, 4.69) is 28.5 Å². The van der Waals surface area contributed by atoms with Gasteiger partial charge in [0.05, 0.1) is 22.7 Å². The highest BCUT2D eigenvalue weighted by molar-refractivity contribution is 7.99. The van der Waals surface area contributed by atoms with Crippen LogP contribution in [0, 0.1) is 0 Å². The quantitative estimate of drug-likeness (QED) is 0.445. The number of aromatic nitrogens is 2. The summed E-state index contributed by atoms with van der Waals surface area (Å²) in [5, 5.41) is 4.28. The van der Waals surface area contributed by atoms with Gasteiger partial charge in [-0.05, 0) is 75.3 Å². The van der Waals surface area contributed by atoms with Gasteiger partial charge in [0.25, 0.3) is 5.56 Å². The highest BCUT2D eigenvalue weighted by atomic mass is 32.2. The third-order valence-electron chi connectivity index (χ3n) is 5.87. The summed E-state index contributed by atoms with van der Waals surface area (Å²) < 4.78 is 1.67. The van der Waals surface area contributed by atoms with Crippen LogP contribution in [0.1, 0.15) is 62.4 Å². The van der Waals surface area contributed by atoms with E-state index in [-0.39, 0.29) is 29.3 Å². The molecule has 5 nitrogen and oxygen atoms in total. The molecule has 0 bridgehead atoms. The monoisotopic (exact) mass is 435 g/mol. The van der Waals surface area contributed by atoms with E-state index >= 15 is 0 Å². The number of aryl methyl sites for hydroxylation is 2. The van der Waals surface area contributed by atoms with Crippen LogP contribution in [0.15, 0.2) is 52.4 Å². The van der Waals surface area contributed by atoms with E-state index < -0.39 is 0 Å². The highest BCUT2D eigenvalue weighted by Crippen LogP contribution is 2.25. The lowest BCUT2D eigenvalue weighted by atomic mass is 9.89. The van der Waals surface area contributed by atoms with Crippen LogP contribution in [0.25, 0.3) is 10.9 Å². The molecule has 1 unspecified atom stereocenters. The molecule has 0 radical (unpaired) electrons. The predicted octanol–water partition coefficient (Wildman–Crippen LogP) is 4.83. The average Bonchev–Trinajstić information content (AvgIpc) is 2.77. The molecule has 1 N–H and O–H groups in total. The molecule has 2 aromatic carbocycles. The molecule has 1 atom stereocenters. The number of nitrogens with zero attached hydrogens (tertiary/aromatic N) is 2. The number of para-hydroxylation sites is 1. The van der Waals surface area contributed by atoms with Gasteiger partial charge in [0.2, 0.25) is 5.91 Å². The van der Waals surface area contributed by atoms with Gasteiger partial charge in [-0.25, -0.2) is 4.98 Å². The van der Waals surface area contributed by atoms with E-state index in [4.69, 9.17) is 0 Å². The molecule has 162 valence electrons. The molecule has 0 aliphatic heterocycles. The maximum absolute atomic E-state index is 12.9. The number of carbonyl (C=O) groups excluding carboxylic acids is 1. The molecule has 1 amide bonds. The van der Waals surface area contributed by atoms with Crippen molar-refractivity contribution in [1.29, 1.82) is 0 Å². The molecule has 1 aromatic heterocycles. The van der Waals surface area contributed by atoms with Crippen LogP contribution in [0.5, 0.6) is 0 Å². The van der Waals surface area contributed by atoms with Gasteiger partial charge < -0.3 is 5.32 Å². The van der Waals surface area contributed by atoms with Crippen LogP contribution in [-0.4, -0.2) is 21.2 Å². The number of benzene rings is 2. The lowest BCUT2D eigenvalue weighted by molar-refractivity contribution is -0.119. The van der Waals surface area contributed by atoms with Crippen molar-refractivity contribution in [2.45, 2.75) is 63.7 Å². The Bertz CT molecular complexity index is 1170. The zero-order valence-corrected chi connectivity index (χ0v) is 19.2. The lowest BCUT2D eigenvalue weighted by Gasteiger charge is -2.20. The van der Waals surface area contributed by atoms with Gasteiger partial charge in [-0.1, -0.05) is 42.1 Å². The van der Waals surface area contributed by atoms with Crippen LogP contribution in [0.4, 0.5) is 0 Å². The van der Waals surface area contributed by atoms with Crippen LogP contribution < -0.4 is 10.9 Å². The smallest absolute Gasteiger partial charge is 0.262 e. The van der Waals surface area contributed by atoms with Crippen LogP contribution >= 0.6 is 11.8 Å². The van der Waals surface area contributed by atoms with Crippen LogP contribution in [-0.2, 0) is 17.6 Å². The predicted molar refractivity (Wildman–Crippen MR) is 127 cm³/mol. The summed E-state index contributed by atoms with van der Waals surface area (Å²) in [7, 11) is 0. The molecule has 4 rings (SSSR count). The Morgan fingerprint density at radius 2 is 1.84 bits per heavy atom. The second kappa shape index (κ2) is 9.27. The fraction of sp³-hybridized carbons (Fsp3) is 0.400. The lowest BCUT2D eigenvalue weighted by Crippen LogP contribution is -2.29. The molecule has 6 heteroatoms. The minimum atomic E-state index is -0.0639. The van der Waals surface area contributed by atoms with Gasteiger partial charge in [-0.15, -0.1) is 0 Å². The Labute approximate surface area is 187 Å². The topological polar surface area (TPSA) is 64.0 Å². The Morgan fingerprint density at radius 3 is 2.61 bits per heavy atom. The molecule has 0 saturated heterocycles. The van der Waals surface area contributed by atoms with Crippen LogP contribution in [0.3, 0.4) is 0 Å². The van der Waals surface area contributed by atoms with Gasteiger partial charge in [0.1, 0.15) is 0 Å². The Hall–Kier alpha value is -2.60. The van der Waals surface area contributed by atoms with Crippen molar-refractivity contribution in [1.82, 2.24) is 14.9 Å². The second-order valence-corrected chi connectivity index (χ2v) is 9.44. The van der Waals surface area contributed by atoms with Gasteiger partial charge in [0.15, 0.2) is 5.16 Å². The summed E-state index contributed by atoms with van der Waals surface area (Å²) in [6.45, 7) is 5.94. The molecule has 1 aliphatic rings. The number of hydrogen-bond donors (Lipinski definition) is 1. The SMILES string of the molecule is CC(NC(=O)CSc1nc2ccccc2c(=O)n1C(C)C)c1ccc2c(c1)CCCC2. The molecule has 3 aromatic rings. The Kier molecular flexibility index (Phi) is 6.46. The summed E-state index contributed by atoms with van der Waals surface area (Å²) in [6, 6.07) is 13.8. The molecule has 31 heavy (non-hydrogen) atoms. The number of hydrogen-bond acceptors (Lipinski definition) is 4. The number of carbonyl (C=O) groups is 1. The Balaban J connectivity index is 1.47. The highest BCUT2D eigenvalue weighted by Gasteiger charge is 2.17. The molecule has 1 aliphatic carbocycles. The molecule has 1 heterocycles. The normalized spacial score (nSPS) is 14.5. The number of fused-ring (bicyclic) bond motifs is 2. The summed E-state index contributed by atoms with van der Waals surface area (Å²) >= 11 is 1.31. The van der Waals surface area contributed by atoms with Crippen LogP contribution in [0.2, 0.25) is 0 Å². The summed E-state index contributed by atoms with van der Waals surface area (Å²) in [6.07, 6.45) is 4.79. The first-order valence-electron chi connectivity index (χ1n) is 11.0. The third kappa shape index (κ3) is 4.69. The van der Waals surface area contributed by atoms with Gasteiger partial charge in [-0.3, -0.25) is 14.2 Å². The molecular formula is C25H29N3O2S. The van der Waals surface area contributed by atoms with E-state index in [9.17, 15) is 9.59 Å². The van der Waals surface area contributed by atoms with E-state index in [1.807, 2.05) is 39.0 Å². The van der Waals surface area contributed by atoms with Crippen molar-refractivity contribution >= 4 is 28.6 Å². The second-order valence-electron chi connectivity index (χ2n) is 8.49. The minimum absolute atomic E-state index is 0.0374. The molecule has 0 saturated carbocycles. The minimum Gasteiger partial charge on any atom is -0.349 e. The molecule has 0 spiro atoms. The van der Waals surface area contributed by atoms with E-state index in [1.54, 1.807) is 10.6 Å². The van der Waals surface area contributed by atoms with Crippen molar-refractivity contribution in [2.75, 3.05) is 5.75 Å². The fourth-order valence-corrected chi connectivity index (χ4v) is 5.14. The van der Waals surface area contributed by atoms with Gasteiger partial charge in [-0.2, -0.15) is 0 Å². The van der Waals surface area contributed by atoms with E-state index in [0.717, 1.165) is 18.4 Å². The maximum atomic E-state index is 12.9. The van der Waals surface area contributed by atoms with Crippen molar-refractivity contribution in [3.8, 4) is 0 Å².